The molecule has 0 radical (unpaired) electrons. The average Bonchev–Trinajstić information content (AvgIpc) is 3.25. The Bertz CT molecular complexity index is 1110. The highest BCUT2D eigenvalue weighted by Crippen LogP contribution is 2.34. The number of methoxy groups -OCH3 is 2. The van der Waals surface area contributed by atoms with E-state index in [1.165, 1.54) is 14.2 Å². The minimum Gasteiger partial charge on any atom is -0.497 e. The van der Waals surface area contributed by atoms with Crippen molar-refractivity contribution in [2.24, 2.45) is 0 Å². The number of ether oxygens (including phenoxy) is 2. The topological polar surface area (TPSA) is 81.9 Å². The van der Waals surface area contributed by atoms with Gasteiger partial charge in [-0.3, -0.25) is 4.79 Å². The summed E-state index contributed by atoms with van der Waals surface area (Å²) < 4.78 is 51.5. The number of amides is 1. The van der Waals surface area contributed by atoms with E-state index in [4.69, 9.17) is 9.47 Å². The molecule has 164 valence electrons. The highest BCUT2D eigenvalue weighted by molar-refractivity contribution is 5.97. The molecule has 1 amide bonds. The normalized spacial score (nSPS) is 15.3. The molecule has 3 aromatic rings. The molecule has 1 saturated heterocycles. The fourth-order valence-corrected chi connectivity index (χ4v) is 3.77. The summed E-state index contributed by atoms with van der Waals surface area (Å²) in [6.07, 6.45) is -2.56. The Balaban J connectivity index is 1.52. The third-order valence-corrected chi connectivity index (χ3v) is 5.40. The zero-order valence-corrected chi connectivity index (χ0v) is 16.9. The molecule has 1 aliphatic rings. The summed E-state index contributed by atoms with van der Waals surface area (Å²) >= 11 is 0. The number of aromatic nitrogens is 4. The van der Waals surface area contributed by atoms with Gasteiger partial charge in [-0.2, -0.15) is 27.8 Å². The molecule has 0 saturated carbocycles. The highest BCUT2D eigenvalue weighted by atomic mass is 19.4. The lowest BCUT2D eigenvalue weighted by Gasteiger charge is -2.32. The van der Waals surface area contributed by atoms with Crippen molar-refractivity contribution in [1.29, 1.82) is 0 Å². The van der Waals surface area contributed by atoms with E-state index in [0.717, 1.165) is 12.4 Å². The van der Waals surface area contributed by atoms with Crippen molar-refractivity contribution in [2.75, 3.05) is 27.3 Å². The summed E-state index contributed by atoms with van der Waals surface area (Å²) in [5.41, 5.74) is -0.197. The summed E-state index contributed by atoms with van der Waals surface area (Å²) in [4.78, 5) is 22.7. The maximum absolute atomic E-state index is 13.4. The Morgan fingerprint density at radius 1 is 1.13 bits per heavy atom. The SMILES string of the molecule is COc1ccc(C(=O)N2CCC(c3cc(C(F)(F)F)n4ncnc4n3)CC2)c(OC)c1. The molecule has 8 nitrogen and oxygen atoms in total. The number of carbonyl (C=O) groups is 1. The molecule has 4 rings (SSSR count). The van der Waals surface area contributed by atoms with E-state index in [9.17, 15) is 18.0 Å². The van der Waals surface area contributed by atoms with Gasteiger partial charge in [0.25, 0.3) is 11.7 Å². The predicted octanol–water partition coefficient (Wildman–Crippen LogP) is 3.18. The molecule has 0 spiro atoms. The number of nitrogens with zero attached hydrogens (tertiary/aromatic N) is 5. The zero-order valence-electron chi connectivity index (χ0n) is 16.9. The van der Waals surface area contributed by atoms with E-state index < -0.39 is 11.9 Å². The van der Waals surface area contributed by atoms with Crippen molar-refractivity contribution in [2.45, 2.75) is 24.9 Å². The number of fused-ring (bicyclic) bond motifs is 1. The second-order valence-electron chi connectivity index (χ2n) is 7.17. The monoisotopic (exact) mass is 435 g/mol. The van der Waals surface area contributed by atoms with Crippen LogP contribution in [0.1, 0.15) is 40.5 Å². The summed E-state index contributed by atoms with van der Waals surface area (Å²) in [6, 6.07) is 5.98. The minimum atomic E-state index is -4.58. The molecule has 1 fully saturated rings. The first-order valence-electron chi connectivity index (χ1n) is 9.61. The molecule has 1 aromatic carbocycles. The number of alkyl halides is 3. The number of hydrogen-bond donors (Lipinski definition) is 0. The van der Waals surface area contributed by atoms with Gasteiger partial charge in [-0.25, -0.2) is 4.98 Å². The zero-order chi connectivity index (χ0) is 22.2. The fraction of sp³-hybridized carbons (Fsp3) is 0.400. The van der Waals surface area contributed by atoms with Crippen molar-refractivity contribution < 1.29 is 27.4 Å². The van der Waals surface area contributed by atoms with Crippen LogP contribution in [0.15, 0.2) is 30.6 Å². The molecule has 31 heavy (non-hydrogen) atoms. The van der Waals surface area contributed by atoms with Gasteiger partial charge >= 0.3 is 6.18 Å². The van der Waals surface area contributed by atoms with Gasteiger partial charge < -0.3 is 14.4 Å². The first kappa shape index (κ1) is 20.9. The molecular formula is C20H20F3N5O3. The van der Waals surface area contributed by atoms with Crippen LogP contribution in [0.5, 0.6) is 11.5 Å². The third-order valence-electron chi connectivity index (χ3n) is 5.40. The Labute approximate surface area is 175 Å². The number of halogens is 3. The van der Waals surface area contributed by atoms with Crippen LogP contribution < -0.4 is 9.47 Å². The van der Waals surface area contributed by atoms with Gasteiger partial charge in [0, 0.05) is 30.8 Å². The van der Waals surface area contributed by atoms with Gasteiger partial charge in [-0.1, -0.05) is 0 Å². The molecule has 0 N–H and O–H groups in total. The van der Waals surface area contributed by atoms with E-state index in [-0.39, 0.29) is 17.6 Å². The van der Waals surface area contributed by atoms with Gasteiger partial charge in [-0.15, -0.1) is 0 Å². The smallest absolute Gasteiger partial charge is 0.433 e. The quantitative estimate of drug-likeness (QED) is 0.626. The summed E-state index contributed by atoms with van der Waals surface area (Å²) in [6.45, 7) is 0.777. The minimum absolute atomic E-state index is 0.0914. The lowest BCUT2D eigenvalue weighted by molar-refractivity contribution is -0.142. The van der Waals surface area contributed by atoms with E-state index in [1.807, 2.05) is 0 Å². The second kappa shape index (κ2) is 8.05. The van der Waals surface area contributed by atoms with E-state index in [1.54, 1.807) is 23.1 Å². The maximum atomic E-state index is 13.4. The van der Waals surface area contributed by atoms with Gasteiger partial charge in [0.1, 0.15) is 17.8 Å². The standard InChI is InChI=1S/C20H20F3N5O3/c1-30-13-3-4-14(16(9-13)31-2)18(29)27-7-5-12(6-8-27)15-10-17(20(21,22)23)28-19(26-15)24-11-25-28/h3-4,9-12H,5-8H2,1-2H3. The van der Waals surface area contributed by atoms with Crippen LogP contribution >= 0.6 is 0 Å². The van der Waals surface area contributed by atoms with Gasteiger partial charge in [0.15, 0.2) is 5.69 Å². The van der Waals surface area contributed by atoms with Crippen LogP contribution in [0.25, 0.3) is 5.78 Å². The Kier molecular flexibility index (Phi) is 5.42. The van der Waals surface area contributed by atoms with Crippen LogP contribution in [0, 0.1) is 0 Å². The molecule has 2 aromatic heterocycles. The maximum Gasteiger partial charge on any atom is 0.433 e. The van der Waals surface area contributed by atoms with E-state index in [0.29, 0.717) is 53.2 Å². The highest BCUT2D eigenvalue weighted by Gasteiger charge is 2.36. The third kappa shape index (κ3) is 3.99. The summed E-state index contributed by atoms with van der Waals surface area (Å²) in [5.74, 6) is 0.466. The number of carbonyl (C=O) groups excluding carboxylic acids is 1. The van der Waals surface area contributed by atoms with Crippen LogP contribution in [0.2, 0.25) is 0 Å². The molecule has 0 atom stereocenters. The van der Waals surface area contributed by atoms with Crippen molar-refractivity contribution in [3.8, 4) is 11.5 Å². The van der Waals surface area contributed by atoms with E-state index in [2.05, 4.69) is 15.1 Å². The van der Waals surface area contributed by atoms with Crippen LogP contribution in [0.3, 0.4) is 0 Å². The molecule has 0 bridgehead atoms. The van der Waals surface area contributed by atoms with Crippen molar-refractivity contribution in [1.82, 2.24) is 24.5 Å². The van der Waals surface area contributed by atoms with Gasteiger partial charge in [0.2, 0.25) is 0 Å². The molecule has 11 heteroatoms. The average molecular weight is 435 g/mol. The Hall–Kier alpha value is -3.37. The molecule has 1 aliphatic heterocycles. The first-order chi connectivity index (χ1) is 14.8. The molecule has 0 unspecified atom stereocenters. The van der Waals surface area contributed by atoms with Crippen LogP contribution in [-0.2, 0) is 6.18 Å². The second-order valence-corrected chi connectivity index (χ2v) is 7.17. The Morgan fingerprint density at radius 2 is 1.87 bits per heavy atom. The van der Waals surface area contributed by atoms with Gasteiger partial charge in [-0.05, 0) is 31.0 Å². The van der Waals surface area contributed by atoms with Gasteiger partial charge in [0.05, 0.1) is 19.8 Å². The fourth-order valence-electron chi connectivity index (χ4n) is 3.77. The van der Waals surface area contributed by atoms with Crippen molar-refractivity contribution in [3.05, 3.63) is 47.5 Å². The summed E-state index contributed by atoms with van der Waals surface area (Å²) in [7, 11) is 3.00. The number of likely N-dealkylation sites (tertiary alicyclic amines) is 1. The Morgan fingerprint density at radius 3 is 2.52 bits per heavy atom. The van der Waals surface area contributed by atoms with Crippen molar-refractivity contribution >= 4 is 11.7 Å². The van der Waals surface area contributed by atoms with Crippen LogP contribution in [0.4, 0.5) is 13.2 Å². The van der Waals surface area contributed by atoms with Crippen LogP contribution in [-0.4, -0.2) is 57.7 Å². The lowest BCUT2D eigenvalue weighted by Crippen LogP contribution is -2.38. The number of piperidine rings is 1. The number of benzene rings is 1. The predicted molar refractivity (Wildman–Crippen MR) is 103 cm³/mol. The summed E-state index contributed by atoms with van der Waals surface area (Å²) in [5, 5.41) is 3.62. The lowest BCUT2D eigenvalue weighted by atomic mass is 9.92. The largest absolute Gasteiger partial charge is 0.497 e. The number of rotatable bonds is 4. The molecule has 3 heterocycles. The van der Waals surface area contributed by atoms with Crippen molar-refractivity contribution in [3.63, 3.8) is 0 Å². The van der Waals surface area contributed by atoms with E-state index >= 15 is 0 Å². The first-order valence-corrected chi connectivity index (χ1v) is 9.61. The number of hydrogen-bond acceptors (Lipinski definition) is 6. The molecule has 0 aliphatic carbocycles. The molecular weight excluding hydrogens is 415 g/mol.